The third kappa shape index (κ3) is 5.83. The number of carbonyl (C=O) groups excluding carboxylic acids is 1. The molecule has 1 N–H and O–H groups in total. The summed E-state index contributed by atoms with van der Waals surface area (Å²) in [5, 5.41) is 13.9. The first-order chi connectivity index (χ1) is 17.4. The van der Waals surface area contributed by atoms with Gasteiger partial charge >= 0.3 is 0 Å². The van der Waals surface area contributed by atoms with Crippen LogP contribution in [0.15, 0.2) is 77.8 Å². The molecule has 0 saturated carbocycles. The lowest BCUT2D eigenvalue weighted by atomic mass is 9.99. The van der Waals surface area contributed by atoms with Crippen molar-refractivity contribution in [3.8, 4) is 34.2 Å². The number of carbonyl (C=O) groups is 1. The van der Waals surface area contributed by atoms with Crippen molar-refractivity contribution >= 4 is 46.6 Å². The van der Waals surface area contributed by atoms with Crippen LogP contribution < -0.4 is 10.1 Å². The van der Waals surface area contributed by atoms with Crippen molar-refractivity contribution in [2.75, 3.05) is 18.2 Å². The summed E-state index contributed by atoms with van der Waals surface area (Å²) in [6.45, 7) is 2.02. The predicted molar refractivity (Wildman–Crippen MR) is 147 cm³/mol. The van der Waals surface area contributed by atoms with E-state index in [1.807, 2.05) is 61.5 Å². The third-order valence-electron chi connectivity index (χ3n) is 5.41. The Balaban J connectivity index is 1.70. The smallest absolute Gasteiger partial charge is 0.234 e. The summed E-state index contributed by atoms with van der Waals surface area (Å²) in [4.78, 5) is 17.5. The Morgan fingerprint density at radius 2 is 1.75 bits per heavy atom. The maximum atomic E-state index is 12.7. The average Bonchev–Trinajstić information content (AvgIpc) is 2.90. The van der Waals surface area contributed by atoms with E-state index < -0.39 is 0 Å². The normalized spacial score (nSPS) is 10.5. The molecule has 0 atom stereocenters. The third-order valence-corrected chi connectivity index (χ3v) is 7.21. The van der Waals surface area contributed by atoms with Crippen LogP contribution >= 0.6 is 35.0 Å². The van der Waals surface area contributed by atoms with Crippen molar-refractivity contribution in [3.05, 3.63) is 94.0 Å². The fraction of sp³-hybridized carbons (Fsp3) is 0.107. The molecule has 1 aromatic heterocycles. The number of anilines is 1. The Morgan fingerprint density at radius 1 is 1.06 bits per heavy atom. The van der Waals surface area contributed by atoms with E-state index in [-0.39, 0.29) is 16.7 Å². The number of pyridine rings is 1. The molecule has 5 nitrogen and oxygen atoms in total. The maximum Gasteiger partial charge on any atom is 0.234 e. The molecular formula is C28H21Cl2N3O2S. The number of nitrogens with one attached hydrogen (secondary N) is 1. The van der Waals surface area contributed by atoms with Gasteiger partial charge in [0.15, 0.2) is 0 Å². The van der Waals surface area contributed by atoms with Crippen molar-refractivity contribution in [2.45, 2.75) is 11.9 Å². The Hall–Kier alpha value is -3.50. The van der Waals surface area contributed by atoms with E-state index in [1.165, 1.54) is 11.8 Å². The number of benzene rings is 3. The predicted octanol–water partition coefficient (Wildman–Crippen LogP) is 7.64. The zero-order valence-electron chi connectivity index (χ0n) is 19.5. The van der Waals surface area contributed by atoms with Crippen LogP contribution in [0.1, 0.15) is 11.1 Å². The van der Waals surface area contributed by atoms with Gasteiger partial charge in [0.1, 0.15) is 16.8 Å². The number of halogens is 2. The minimum absolute atomic E-state index is 0.0317. The number of rotatable bonds is 7. The number of aromatic nitrogens is 1. The van der Waals surface area contributed by atoms with Gasteiger partial charge in [0.25, 0.3) is 0 Å². The summed E-state index contributed by atoms with van der Waals surface area (Å²) in [6, 6.07) is 24.7. The highest BCUT2D eigenvalue weighted by molar-refractivity contribution is 8.00. The highest BCUT2D eigenvalue weighted by atomic mass is 35.5. The lowest BCUT2D eigenvalue weighted by Gasteiger charge is -2.13. The highest BCUT2D eigenvalue weighted by Crippen LogP contribution is 2.35. The van der Waals surface area contributed by atoms with Gasteiger partial charge < -0.3 is 10.1 Å². The number of hydrogen-bond acceptors (Lipinski definition) is 5. The highest BCUT2D eigenvalue weighted by Gasteiger charge is 2.18. The van der Waals surface area contributed by atoms with Gasteiger partial charge in [0.2, 0.25) is 5.91 Å². The van der Waals surface area contributed by atoms with E-state index in [9.17, 15) is 10.1 Å². The van der Waals surface area contributed by atoms with Gasteiger partial charge in [-0.05, 0) is 42.8 Å². The van der Waals surface area contributed by atoms with Crippen LogP contribution in [0.2, 0.25) is 10.0 Å². The molecule has 4 aromatic rings. The van der Waals surface area contributed by atoms with Crippen LogP contribution in [-0.4, -0.2) is 23.8 Å². The van der Waals surface area contributed by atoms with Crippen LogP contribution in [0, 0.1) is 18.3 Å². The molecular weight excluding hydrogens is 513 g/mol. The second-order valence-corrected chi connectivity index (χ2v) is 9.63. The Labute approximate surface area is 224 Å². The standard InChI is InChI=1S/C28H21Cl2N3O2S/c1-17-6-8-19(9-7-17)25-14-21(18-10-12-20(35-2)13-11-18)22(15-31)28(33-25)36-16-26(34)32-24-5-3-4-23(29)27(24)30/h3-14H,16H2,1-2H3,(H,32,34). The molecule has 0 spiro atoms. The van der Waals surface area contributed by atoms with E-state index in [1.54, 1.807) is 25.3 Å². The topological polar surface area (TPSA) is 75.0 Å². The minimum atomic E-state index is -0.290. The maximum absolute atomic E-state index is 12.7. The molecule has 4 rings (SSSR count). The first-order valence-electron chi connectivity index (χ1n) is 10.9. The first kappa shape index (κ1) is 25.6. The number of nitrogens with zero attached hydrogens (tertiary/aromatic N) is 2. The number of aryl methyl sites for hydroxylation is 1. The second-order valence-electron chi connectivity index (χ2n) is 7.88. The van der Waals surface area contributed by atoms with Crippen LogP contribution in [0.3, 0.4) is 0 Å². The molecule has 0 aliphatic rings. The molecule has 0 aliphatic heterocycles. The van der Waals surface area contributed by atoms with Gasteiger partial charge in [-0.3, -0.25) is 4.79 Å². The summed E-state index contributed by atoms with van der Waals surface area (Å²) in [5.41, 5.74) is 5.16. The lowest BCUT2D eigenvalue weighted by molar-refractivity contribution is -0.113. The molecule has 3 aromatic carbocycles. The molecule has 180 valence electrons. The molecule has 0 saturated heterocycles. The van der Waals surface area contributed by atoms with Crippen molar-refractivity contribution in [1.82, 2.24) is 4.98 Å². The molecule has 0 radical (unpaired) electrons. The molecule has 0 fully saturated rings. The van der Waals surface area contributed by atoms with E-state index in [0.29, 0.717) is 27.0 Å². The van der Waals surface area contributed by atoms with Gasteiger partial charge in [-0.1, -0.05) is 83.0 Å². The van der Waals surface area contributed by atoms with E-state index in [0.717, 1.165) is 28.0 Å². The summed E-state index contributed by atoms with van der Waals surface area (Å²) in [5.74, 6) is 0.460. The Bertz CT molecular complexity index is 1450. The fourth-order valence-electron chi connectivity index (χ4n) is 3.53. The zero-order valence-corrected chi connectivity index (χ0v) is 21.8. The van der Waals surface area contributed by atoms with Gasteiger partial charge in [-0.15, -0.1) is 0 Å². The van der Waals surface area contributed by atoms with Gasteiger partial charge in [0.05, 0.1) is 39.9 Å². The molecule has 0 aliphatic carbocycles. The summed E-state index contributed by atoms with van der Waals surface area (Å²) < 4.78 is 5.28. The number of ether oxygens (including phenoxy) is 1. The lowest BCUT2D eigenvalue weighted by Crippen LogP contribution is -2.14. The van der Waals surface area contributed by atoms with E-state index in [2.05, 4.69) is 11.4 Å². The number of hydrogen-bond donors (Lipinski definition) is 1. The summed E-state index contributed by atoms with van der Waals surface area (Å²) in [7, 11) is 1.61. The zero-order chi connectivity index (χ0) is 25.7. The first-order valence-corrected chi connectivity index (χ1v) is 12.7. The number of nitriles is 1. The van der Waals surface area contributed by atoms with Crippen LogP contribution in [-0.2, 0) is 4.79 Å². The number of amides is 1. The van der Waals surface area contributed by atoms with E-state index in [4.69, 9.17) is 32.9 Å². The van der Waals surface area contributed by atoms with Gasteiger partial charge in [0, 0.05) is 11.1 Å². The molecule has 0 bridgehead atoms. The average molecular weight is 534 g/mol. The number of methoxy groups -OCH3 is 1. The quantitative estimate of drug-likeness (QED) is 0.247. The SMILES string of the molecule is COc1ccc(-c2cc(-c3ccc(C)cc3)nc(SCC(=O)Nc3cccc(Cl)c3Cl)c2C#N)cc1. The van der Waals surface area contributed by atoms with Crippen LogP contribution in [0.25, 0.3) is 22.4 Å². The van der Waals surface area contributed by atoms with Gasteiger partial charge in [-0.2, -0.15) is 5.26 Å². The van der Waals surface area contributed by atoms with Crippen LogP contribution in [0.4, 0.5) is 5.69 Å². The summed E-state index contributed by atoms with van der Waals surface area (Å²) >= 11 is 13.4. The van der Waals surface area contributed by atoms with Gasteiger partial charge in [-0.25, -0.2) is 4.98 Å². The van der Waals surface area contributed by atoms with Crippen molar-refractivity contribution in [2.24, 2.45) is 0 Å². The van der Waals surface area contributed by atoms with Crippen molar-refractivity contribution in [3.63, 3.8) is 0 Å². The Morgan fingerprint density at radius 3 is 2.42 bits per heavy atom. The fourth-order valence-corrected chi connectivity index (χ4v) is 4.68. The number of thioether (sulfide) groups is 1. The monoisotopic (exact) mass is 533 g/mol. The van der Waals surface area contributed by atoms with Crippen molar-refractivity contribution in [1.29, 1.82) is 5.26 Å². The molecule has 1 heterocycles. The molecule has 0 unspecified atom stereocenters. The van der Waals surface area contributed by atoms with Crippen LogP contribution in [0.5, 0.6) is 5.75 Å². The molecule has 1 amide bonds. The Kier molecular flexibility index (Phi) is 8.17. The summed E-state index contributed by atoms with van der Waals surface area (Å²) in [6.07, 6.45) is 0. The second kappa shape index (κ2) is 11.5. The molecule has 36 heavy (non-hydrogen) atoms. The van der Waals surface area contributed by atoms with Crippen molar-refractivity contribution < 1.29 is 9.53 Å². The van der Waals surface area contributed by atoms with E-state index >= 15 is 0 Å². The largest absolute Gasteiger partial charge is 0.497 e. The molecule has 8 heteroatoms. The minimum Gasteiger partial charge on any atom is -0.497 e.